The predicted molar refractivity (Wildman–Crippen MR) is 162 cm³/mol. The Morgan fingerprint density at radius 2 is 1.50 bits per heavy atom. The Balaban J connectivity index is 1.35. The number of furan rings is 1. The first kappa shape index (κ1) is 29.9. The summed E-state index contributed by atoms with van der Waals surface area (Å²) in [6.45, 7) is 3.81. The molecule has 0 radical (unpaired) electrons. The van der Waals surface area contributed by atoms with E-state index in [0.29, 0.717) is 28.3 Å². The molecule has 1 aromatic heterocycles. The van der Waals surface area contributed by atoms with Gasteiger partial charge in [-0.05, 0) is 86.6 Å². The Bertz CT molecular complexity index is 1550. The molecule has 1 atom stereocenters. The zero-order chi connectivity index (χ0) is 29.9. The number of carbonyl (C=O) groups is 4. The van der Waals surface area contributed by atoms with Gasteiger partial charge in [-0.3, -0.25) is 14.4 Å². The van der Waals surface area contributed by atoms with Crippen molar-refractivity contribution >= 4 is 52.9 Å². The minimum absolute atomic E-state index is 0.0119. The molecule has 42 heavy (non-hydrogen) atoms. The van der Waals surface area contributed by atoms with Crippen molar-refractivity contribution in [2.45, 2.75) is 24.0 Å². The molecule has 0 aliphatic heterocycles. The van der Waals surface area contributed by atoms with Crippen molar-refractivity contribution in [3.63, 3.8) is 0 Å². The Morgan fingerprint density at radius 1 is 0.833 bits per heavy atom. The summed E-state index contributed by atoms with van der Waals surface area (Å²) in [6, 6.07) is 25.4. The molecule has 10 heteroatoms. The lowest BCUT2D eigenvalue weighted by molar-refractivity contribution is -0.115. The second kappa shape index (κ2) is 14.5. The minimum Gasteiger partial charge on any atom is -0.465 e. The summed E-state index contributed by atoms with van der Waals surface area (Å²) in [5.41, 5.74) is 1.90. The van der Waals surface area contributed by atoms with Crippen LogP contribution in [0.15, 0.2) is 112 Å². The van der Waals surface area contributed by atoms with Crippen molar-refractivity contribution in [1.82, 2.24) is 5.32 Å². The van der Waals surface area contributed by atoms with Gasteiger partial charge in [-0.25, -0.2) is 4.79 Å². The van der Waals surface area contributed by atoms with Gasteiger partial charge >= 0.3 is 5.97 Å². The number of anilines is 2. The number of carbonyl (C=O) groups excluding carboxylic acids is 4. The Morgan fingerprint density at radius 3 is 2.14 bits per heavy atom. The molecule has 4 rings (SSSR count). The summed E-state index contributed by atoms with van der Waals surface area (Å²) in [5.74, 6) is -1.18. The van der Waals surface area contributed by atoms with Crippen LogP contribution >= 0.6 is 11.8 Å². The monoisotopic (exact) mass is 583 g/mol. The SMILES string of the molecule is CCOC(=O)c1ccc(NC(=O)C(C)Sc2ccc(NC(=O)/C(=C/c3ccco3)NC(=O)c3ccccc3)cc2)cc1. The molecule has 0 aliphatic carbocycles. The van der Waals surface area contributed by atoms with E-state index in [1.165, 1.54) is 24.1 Å². The van der Waals surface area contributed by atoms with Crippen LogP contribution in [-0.4, -0.2) is 35.5 Å². The van der Waals surface area contributed by atoms with Crippen LogP contribution in [0.3, 0.4) is 0 Å². The molecular formula is C32H29N3O6S. The average molecular weight is 584 g/mol. The number of rotatable bonds is 11. The quantitative estimate of drug-likeness (QED) is 0.113. The first-order chi connectivity index (χ1) is 20.3. The maximum Gasteiger partial charge on any atom is 0.338 e. The highest BCUT2D eigenvalue weighted by molar-refractivity contribution is 8.00. The van der Waals surface area contributed by atoms with Crippen molar-refractivity contribution in [2.24, 2.45) is 0 Å². The highest BCUT2D eigenvalue weighted by atomic mass is 32.2. The third-order valence-corrected chi connectivity index (χ3v) is 6.93. The lowest BCUT2D eigenvalue weighted by Crippen LogP contribution is -2.30. The number of amides is 3. The number of ether oxygens (including phenoxy) is 1. The molecule has 0 bridgehead atoms. The van der Waals surface area contributed by atoms with Gasteiger partial charge in [-0.2, -0.15) is 0 Å². The summed E-state index contributed by atoms with van der Waals surface area (Å²) in [5, 5.41) is 7.85. The zero-order valence-corrected chi connectivity index (χ0v) is 23.8. The molecule has 0 saturated heterocycles. The number of hydrogen-bond donors (Lipinski definition) is 3. The maximum atomic E-state index is 13.1. The minimum atomic E-state index is -0.530. The van der Waals surface area contributed by atoms with Gasteiger partial charge in [-0.15, -0.1) is 11.8 Å². The van der Waals surface area contributed by atoms with Gasteiger partial charge in [0.15, 0.2) is 0 Å². The van der Waals surface area contributed by atoms with E-state index in [2.05, 4.69) is 16.0 Å². The van der Waals surface area contributed by atoms with Gasteiger partial charge in [0.05, 0.1) is 23.7 Å². The van der Waals surface area contributed by atoms with E-state index in [9.17, 15) is 19.2 Å². The summed E-state index contributed by atoms with van der Waals surface area (Å²) >= 11 is 1.35. The first-order valence-corrected chi connectivity index (χ1v) is 14.0. The lowest BCUT2D eigenvalue weighted by atomic mass is 10.2. The van der Waals surface area contributed by atoms with Crippen molar-refractivity contribution in [3.8, 4) is 0 Å². The molecule has 1 unspecified atom stereocenters. The van der Waals surface area contributed by atoms with Crippen LogP contribution in [0.25, 0.3) is 6.08 Å². The number of hydrogen-bond acceptors (Lipinski definition) is 7. The molecule has 0 aliphatic rings. The van der Waals surface area contributed by atoms with Gasteiger partial charge < -0.3 is 25.1 Å². The number of nitrogens with one attached hydrogen (secondary N) is 3. The van der Waals surface area contributed by atoms with Crippen molar-refractivity contribution < 1.29 is 28.3 Å². The van der Waals surface area contributed by atoms with Crippen LogP contribution in [0.2, 0.25) is 0 Å². The summed E-state index contributed by atoms with van der Waals surface area (Å²) < 4.78 is 10.3. The second-order valence-electron chi connectivity index (χ2n) is 8.92. The summed E-state index contributed by atoms with van der Waals surface area (Å²) in [4.78, 5) is 51.2. The molecule has 3 amide bonds. The highest BCUT2D eigenvalue weighted by Crippen LogP contribution is 2.26. The highest BCUT2D eigenvalue weighted by Gasteiger charge is 2.17. The molecule has 214 valence electrons. The smallest absolute Gasteiger partial charge is 0.338 e. The fraction of sp³-hybridized carbons (Fsp3) is 0.125. The third-order valence-electron chi connectivity index (χ3n) is 5.82. The van der Waals surface area contributed by atoms with Crippen LogP contribution < -0.4 is 16.0 Å². The van der Waals surface area contributed by atoms with E-state index in [-0.39, 0.29) is 18.2 Å². The van der Waals surface area contributed by atoms with E-state index in [1.54, 1.807) is 105 Å². The van der Waals surface area contributed by atoms with E-state index in [1.807, 2.05) is 0 Å². The molecule has 9 nitrogen and oxygen atoms in total. The zero-order valence-electron chi connectivity index (χ0n) is 23.0. The third kappa shape index (κ3) is 8.45. The standard InChI is InChI=1S/C32H29N3O6S/c1-3-40-32(39)23-11-13-24(14-12-23)33-29(36)21(2)42-27-17-15-25(16-18-27)34-31(38)28(20-26-10-7-19-41-26)35-30(37)22-8-5-4-6-9-22/h4-21H,3H2,1-2H3,(H,33,36)(H,34,38)(H,35,37)/b28-20-. The van der Waals surface area contributed by atoms with E-state index >= 15 is 0 Å². The van der Waals surface area contributed by atoms with Crippen LogP contribution in [-0.2, 0) is 14.3 Å². The van der Waals surface area contributed by atoms with E-state index in [4.69, 9.17) is 9.15 Å². The van der Waals surface area contributed by atoms with Gasteiger partial charge in [-0.1, -0.05) is 18.2 Å². The average Bonchev–Trinajstić information content (AvgIpc) is 3.52. The van der Waals surface area contributed by atoms with Gasteiger partial charge in [0.2, 0.25) is 5.91 Å². The predicted octanol–water partition coefficient (Wildman–Crippen LogP) is 5.99. The first-order valence-electron chi connectivity index (χ1n) is 13.1. The maximum absolute atomic E-state index is 13.1. The summed E-state index contributed by atoms with van der Waals surface area (Å²) in [6.07, 6.45) is 2.92. The Hall–Kier alpha value is -5.09. The van der Waals surface area contributed by atoms with Crippen LogP contribution in [0, 0.1) is 0 Å². The van der Waals surface area contributed by atoms with Gasteiger partial charge in [0, 0.05) is 27.9 Å². The van der Waals surface area contributed by atoms with Crippen molar-refractivity contribution in [1.29, 1.82) is 0 Å². The molecule has 1 heterocycles. The fourth-order valence-corrected chi connectivity index (χ4v) is 4.55. The Labute approximate surface area is 247 Å². The van der Waals surface area contributed by atoms with Gasteiger partial charge in [0.1, 0.15) is 11.5 Å². The molecule has 0 saturated carbocycles. The van der Waals surface area contributed by atoms with Crippen molar-refractivity contribution in [2.75, 3.05) is 17.2 Å². The fourth-order valence-electron chi connectivity index (χ4n) is 3.68. The van der Waals surface area contributed by atoms with Crippen molar-refractivity contribution in [3.05, 3.63) is 120 Å². The van der Waals surface area contributed by atoms with Gasteiger partial charge in [0.25, 0.3) is 11.8 Å². The molecular weight excluding hydrogens is 554 g/mol. The normalized spacial score (nSPS) is 11.7. The van der Waals surface area contributed by atoms with Crippen LogP contribution in [0.5, 0.6) is 0 Å². The van der Waals surface area contributed by atoms with Crippen LogP contribution in [0.4, 0.5) is 11.4 Å². The lowest BCUT2D eigenvalue weighted by Gasteiger charge is -2.13. The number of benzene rings is 3. The molecule has 0 spiro atoms. The molecule has 3 aromatic carbocycles. The molecule has 3 N–H and O–H groups in total. The number of thioether (sulfide) groups is 1. The number of esters is 1. The topological polar surface area (TPSA) is 127 Å². The molecule has 4 aromatic rings. The Kier molecular flexibility index (Phi) is 10.3. The van der Waals surface area contributed by atoms with Crippen LogP contribution in [0.1, 0.15) is 40.3 Å². The second-order valence-corrected chi connectivity index (χ2v) is 10.3. The molecule has 0 fully saturated rings. The van der Waals surface area contributed by atoms with E-state index in [0.717, 1.165) is 4.90 Å². The largest absolute Gasteiger partial charge is 0.465 e. The van der Waals surface area contributed by atoms with E-state index < -0.39 is 23.0 Å². The summed E-state index contributed by atoms with van der Waals surface area (Å²) in [7, 11) is 0.